The van der Waals surface area contributed by atoms with Crippen molar-refractivity contribution in [2.24, 2.45) is 0 Å². The summed E-state index contributed by atoms with van der Waals surface area (Å²) in [6.07, 6.45) is 3.79. The number of dihydropyridines is 1. The third-order valence-electron chi connectivity index (χ3n) is 3.14. The maximum Gasteiger partial charge on any atom is 0.252 e. The molecule has 1 heterocycles. The van der Waals surface area contributed by atoms with Crippen LogP contribution in [0.15, 0.2) is 47.9 Å². The molecule has 0 radical (unpaired) electrons. The van der Waals surface area contributed by atoms with Gasteiger partial charge in [-0.25, -0.2) is 4.39 Å². The Bertz CT molecular complexity index is 564. The lowest BCUT2D eigenvalue weighted by atomic mass is 10.1. The molecule has 0 spiro atoms. The summed E-state index contributed by atoms with van der Waals surface area (Å²) in [4.78, 5) is 11.4. The summed E-state index contributed by atoms with van der Waals surface area (Å²) in [7, 11) is 1.50. The van der Waals surface area contributed by atoms with Crippen LogP contribution in [0, 0.1) is 0 Å². The summed E-state index contributed by atoms with van der Waals surface area (Å²) >= 11 is 0. The van der Waals surface area contributed by atoms with E-state index in [-0.39, 0.29) is 11.5 Å². The van der Waals surface area contributed by atoms with E-state index in [4.69, 9.17) is 4.74 Å². The van der Waals surface area contributed by atoms with Gasteiger partial charge in [-0.1, -0.05) is 25.5 Å². The van der Waals surface area contributed by atoms with Crippen LogP contribution in [-0.2, 0) is 11.2 Å². The van der Waals surface area contributed by atoms with Crippen LogP contribution in [0.5, 0.6) is 5.75 Å². The first-order valence-electron chi connectivity index (χ1n) is 6.95. The van der Waals surface area contributed by atoms with Crippen molar-refractivity contribution < 1.29 is 13.9 Å². The number of ether oxygens (including phenoxy) is 1. The maximum absolute atomic E-state index is 13.9. The molecule has 0 aliphatic carbocycles. The van der Waals surface area contributed by atoms with Gasteiger partial charge in [-0.05, 0) is 30.2 Å². The van der Waals surface area contributed by atoms with Crippen LogP contribution in [0.3, 0.4) is 0 Å². The van der Waals surface area contributed by atoms with E-state index in [1.54, 1.807) is 0 Å². The average molecular weight is 290 g/mol. The summed E-state index contributed by atoms with van der Waals surface area (Å²) in [5.41, 5.74) is 1.45. The van der Waals surface area contributed by atoms with Crippen LogP contribution >= 0.6 is 0 Å². The number of nitrogens with one attached hydrogen (secondary N) is 2. The van der Waals surface area contributed by atoms with Gasteiger partial charge in [-0.15, -0.1) is 0 Å². The number of hydrogen-bond donors (Lipinski definition) is 2. The highest BCUT2D eigenvalue weighted by Crippen LogP contribution is 2.20. The van der Waals surface area contributed by atoms with Crippen molar-refractivity contribution in [1.82, 2.24) is 10.6 Å². The first-order valence-corrected chi connectivity index (χ1v) is 6.95. The molecule has 1 aromatic rings. The largest absolute Gasteiger partial charge is 0.464 e. The van der Waals surface area contributed by atoms with Crippen LogP contribution in [0.25, 0.3) is 0 Å². The number of aryl methyl sites for hydroxylation is 1. The van der Waals surface area contributed by atoms with E-state index < -0.39 is 12.1 Å². The molecule has 4 nitrogen and oxygen atoms in total. The van der Waals surface area contributed by atoms with E-state index >= 15 is 0 Å². The number of rotatable bonds is 5. The van der Waals surface area contributed by atoms with Gasteiger partial charge in [0.2, 0.25) is 6.23 Å². The lowest BCUT2D eigenvalue weighted by Crippen LogP contribution is -2.35. The lowest BCUT2D eigenvalue weighted by molar-refractivity contribution is -0.116. The average Bonchev–Trinajstić information content (AvgIpc) is 2.50. The summed E-state index contributed by atoms with van der Waals surface area (Å²) in [6.45, 7) is 2.12. The first kappa shape index (κ1) is 15.1. The van der Waals surface area contributed by atoms with Gasteiger partial charge in [0.05, 0.1) is 5.57 Å². The molecule has 2 N–H and O–H groups in total. The van der Waals surface area contributed by atoms with Gasteiger partial charge >= 0.3 is 0 Å². The molecule has 1 atom stereocenters. The summed E-state index contributed by atoms with van der Waals surface area (Å²) in [5, 5.41) is 5.17. The van der Waals surface area contributed by atoms with Crippen molar-refractivity contribution in [3.63, 3.8) is 0 Å². The maximum atomic E-state index is 13.9. The van der Waals surface area contributed by atoms with E-state index in [2.05, 4.69) is 17.6 Å². The normalized spacial score (nSPS) is 17.4. The minimum atomic E-state index is -0.907. The number of halogens is 1. The molecule has 1 aliphatic heterocycles. The first-order chi connectivity index (χ1) is 10.1. The quantitative estimate of drug-likeness (QED) is 0.875. The van der Waals surface area contributed by atoms with Gasteiger partial charge in [0, 0.05) is 13.2 Å². The Balaban J connectivity index is 2.00. The zero-order chi connectivity index (χ0) is 15.2. The molecular formula is C16H19FN2O2. The third kappa shape index (κ3) is 3.84. The van der Waals surface area contributed by atoms with Crippen molar-refractivity contribution in [3.05, 3.63) is 53.5 Å². The fourth-order valence-corrected chi connectivity index (χ4v) is 2.04. The number of carbonyl (C=O) groups excluding carboxylic acids is 1. The third-order valence-corrected chi connectivity index (χ3v) is 3.14. The van der Waals surface area contributed by atoms with Gasteiger partial charge < -0.3 is 15.4 Å². The van der Waals surface area contributed by atoms with E-state index in [9.17, 15) is 9.18 Å². The Kier molecular flexibility index (Phi) is 4.98. The second kappa shape index (κ2) is 6.92. The van der Waals surface area contributed by atoms with Crippen molar-refractivity contribution >= 4 is 5.91 Å². The fraction of sp³-hybridized carbons (Fsp3) is 0.312. The van der Waals surface area contributed by atoms with E-state index in [1.165, 1.54) is 24.9 Å². The molecule has 112 valence electrons. The number of benzene rings is 1. The van der Waals surface area contributed by atoms with Crippen LogP contribution in [-0.4, -0.2) is 19.2 Å². The zero-order valence-electron chi connectivity index (χ0n) is 12.2. The molecule has 0 bridgehead atoms. The number of hydrogen-bond acceptors (Lipinski definition) is 3. The number of amides is 1. The zero-order valence-corrected chi connectivity index (χ0v) is 12.2. The van der Waals surface area contributed by atoms with Gasteiger partial charge in [-0.2, -0.15) is 0 Å². The number of likely N-dealkylation sites (N-methyl/N-ethyl adjacent to an activating group) is 1. The Hall–Kier alpha value is -2.30. The molecule has 5 heteroatoms. The Morgan fingerprint density at radius 2 is 2.10 bits per heavy atom. The van der Waals surface area contributed by atoms with Crippen molar-refractivity contribution in [2.75, 3.05) is 7.05 Å². The second-order valence-electron chi connectivity index (χ2n) is 4.77. The Morgan fingerprint density at radius 3 is 2.67 bits per heavy atom. The van der Waals surface area contributed by atoms with Gasteiger partial charge in [0.1, 0.15) is 5.75 Å². The number of carbonyl (C=O) groups is 1. The summed E-state index contributed by atoms with van der Waals surface area (Å²) in [5.74, 6) is -0.304. The van der Waals surface area contributed by atoms with Crippen LogP contribution < -0.4 is 15.4 Å². The predicted octanol–water partition coefficient (Wildman–Crippen LogP) is 2.43. The van der Waals surface area contributed by atoms with Crippen LogP contribution in [0.4, 0.5) is 4.39 Å². The highest BCUT2D eigenvalue weighted by Gasteiger charge is 2.21. The fourth-order valence-electron chi connectivity index (χ4n) is 2.04. The highest BCUT2D eigenvalue weighted by atomic mass is 19.1. The van der Waals surface area contributed by atoms with E-state index in [0.717, 1.165) is 12.8 Å². The molecule has 0 saturated heterocycles. The lowest BCUT2D eigenvalue weighted by Gasteiger charge is -2.21. The summed E-state index contributed by atoms with van der Waals surface area (Å²) < 4.78 is 19.5. The van der Waals surface area contributed by atoms with Crippen molar-refractivity contribution in [1.29, 1.82) is 0 Å². The van der Waals surface area contributed by atoms with Crippen LogP contribution in [0.2, 0.25) is 0 Å². The molecule has 1 unspecified atom stereocenters. The second-order valence-corrected chi connectivity index (χ2v) is 4.77. The van der Waals surface area contributed by atoms with Gasteiger partial charge in [0.15, 0.2) is 5.83 Å². The summed E-state index contributed by atoms with van der Waals surface area (Å²) in [6, 6.07) is 7.57. The topological polar surface area (TPSA) is 50.4 Å². The smallest absolute Gasteiger partial charge is 0.252 e. The molecular weight excluding hydrogens is 271 g/mol. The van der Waals surface area contributed by atoms with Crippen molar-refractivity contribution in [2.45, 2.75) is 26.0 Å². The monoisotopic (exact) mass is 290 g/mol. The van der Waals surface area contributed by atoms with Gasteiger partial charge in [-0.3, -0.25) is 4.79 Å². The minimum absolute atomic E-state index is 0.230. The minimum Gasteiger partial charge on any atom is -0.464 e. The molecule has 2 rings (SSSR count). The molecule has 1 aromatic carbocycles. The van der Waals surface area contributed by atoms with Crippen molar-refractivity contribution in [3.8, 4) is 5.75 Å². The molecule has 1 amide bonds. The Morgan fingerprint density at radius 1 is 1.38 bits per heavy atom. The SMILES string of the molecule is CCCc1ccc(OC2NC=C(C(=O)NC)C=C2F)cc1. The molecule has 0 aromatic heterocycles. The van der Waals surface area contributed by atoms with E-state index in [1.807, 2.05) is 24.3 Å². The molecule has 0 saturated carbocycles. The Labute approximate surface area is 123 Å². The van der Waals surface area contributed by atoms with Crippen LogP contribution in [0.1, 0.15) is 18.9 Å². The standard InChI is InChI=1S/C16H19FN2O2/c1-3-4-11-5-7-13(8-6-11)21-16-14(17)9-12(10-19-16)15(20)18-2/h5-10,16,19H,3-4H2,1-2H3,(H,18,20). The molecule has 0 fully saturated rings. The van der Waals surface area contributed by atoms with E-state index in [0.29, 0.717) is 5.75 Å². The molecule has 21 heavy (non-hydrogen) atoms. The highest BCUT2D eigenvalue weighted by molar-refractivity contribution is 5.96. The van der Waals surface area contributed by atoms with Gasteiger partial charge in [0.25, 0.3) is 5.91 Å². The molecule has 1 aliphatic rings. The predicted molar refractivity (Wildman–Crippen MR) is 79.3 cm³/mol.